The van der Waals surface area contributed by atoms with Crippen molar-refractivity contribution in [1.82, 2.24) is 15.1 Å². The Morgan fingerprint density at radius 2 is 2.24 bits per heavy atom. The molecule has 0 spiro atoms. The highest BCUT2D eigenvalue weighted by atomic mass is 16.4. The first kappa shape index (κ1) is 13.2. The number of aliphatic carboxylic acids is 1. The van der Waals surface area contributed by atoms with Gasteiger partial charge in [-0.2, -0.15) is 5.10 Å². The molecule has 0 bridgehead atoms. The highest BCUT2D eigenvalue weighted by Gasteiger charge is 2.20. The number of hydrogen-bond acceptors (Lipinski definition) is 3. The zero-order valence-electron chi connectivity index (χ0n) is 10.2. The zero-order valence-corrected chi connectivity index (χ0v) is 10.2. The van der Waals surface area contributed by atoms with Crippen molar-refractivity contribution in [3.63, 3.8) is 0 Å². The predicted octanol–water partition coefficient (Wildman–Crippen LogP) is 0.343. The van der Waals surface area contributed by atoms with E-state index in [0.29, 0.717) is 6.54 Å². The number of amides is 1. The molecule has 0 aliphatic rings. The van der Waals surface area contributed by atoms with E-state index >= 15 is 0 Å². The van der Waals surface area contributed by atoms with Crippen molar-refractivity contribution < 1.29 is 14.7 Å². The fourth-order valence-electron chi connectivity index (χ4n) is 1.69. The lowest BCUT2D eigenvalue weighted by molar-refractivity contribution is -0.141. The summed E-state index contributed by atoms with van der Waals surface area (Å²) < 4.78 is 1.74. The average molecular weight is 239 g/mol. The summed E-state index contributed by atoms with van der Waals surface area (Å²) in [6, 6.07) is 0.926. The van der Waals surface area contributed by atoms with E-state index in [1.165, 1.54) is 6.92 Å². The molecule has 0 radical (unpaired) electrons. The van der Waals surface area contributed by atoms with E-state index in [-0.39, 0.29) is 12.3 Å². The molecule has 0 aliphatic carbocycles. The zero-order chi connectivity index (χ0) is 13.0. The summed E-state index contributed by atoms with van der Waals surface area (Å²) in [6.07, 6.45) is 0.240. The van der Waals surface area contributed by atoms with Crippen LogP contribution in [0.4, 0.5) is 0 Å². The second-order valence-corrected chi connectivity index (χ2v) is 3.89. The van der Waals surface area contributed by atoms with Crippen LogP contribution in [0.3, 0.4) is 0 Å². The van der Waals surface area contributed by atoms with Crippen LogP contribution in [0, 0.1) is 6.92 Å². The maximum Gasteiger partial charge on any atom is 0.326 e. The van der Waals surface area contributed by atoms with Crippen LogP contribution in [0.25, 0.3) is 0 Å². The normalized spacial score (nSPS) is 12.2. The van der Waals surface area contributed by atoms with Crippen molar-refractivity contribution in [1.29, 1.82) is 0 Å². The molecule has 94 valence electrons. The van der Waals surface area contributed by atoms with Crippen LogP contribution in [-0.4, -0.2) is 32.8 Å². The van der Waals surface area contributed by atoms with Crippen molar-refractivity contribution in [3.05, 3.63) is 17.5 Å². The van der Waals surface area contributed by atoms with Gasteiger partial charge in [0, 0.05) is 25.6 Å². The molecule has 0 saturated heterocycles. The lowest BCUT2D eigenvalue weighted by Crippen LogP contribution is -2.41. The van der Waals surface area contributed by atoms with Gasteiger partial charge < -0.3 is 10.4 Å². The molecule has 0 aliphatic heterocycles. The Hall–Kier alpha value is -1.85. The number of carbonyl (C=O) groups is 2. The monoisotopic (exact) mass is 239 g/mol. The number of carboxylic acid groups (broad SMARTS) is 1. The number of rotatable bonds is 5. The van der Waals surface area contributed by atoms with Gasteiger partial charge in [0.2, 0.25) is 5.91 Å². The van der Waals surface area contributed by atoms with E-state index in [1.807, 2.05) is 19.9 Å². The van der Waals surface area contributed by atoms with E-state index in [4.69, 9.17) is 5.11 Å². The van der Waals surface area contributed by atoms with Crippen LogP contribution in [0.1, 0.15) is 25.2 Å². The minimum absolute atomic E-state index is 0.240. The molecule has 1 unspecified atom stereocenters. The highest BCUT2D eigenvalue weighted by Crippen LogP contribution is 2.07. The molecule has 1 atom stereocenters. The van der Waals surface area contributed by atoms with E-state index in [9.17, 15) is 9.59 Å². The van der Waals surface area contributed by atoms with Gasteiger partial charge in [-0.1, -0.05) is 0 Å². The number of carbonyl (C=O) groups excluding carboxylic acids is 1. The van der Waals surface area contributed by atoms with Gasteiger partial charge in [-0.05, 0) is 19.9 Å². The number of hydrogen-bond donors (Lipinski definition) is 2. The van der Waals surface area contributed by atoms with E-state index in [1.54, 1.807) is 4.68 Å². The fraction of sp³-hybridized carbons (Fsp3) is 0.545. The molecule has 2 N–H and O–H groups in total. The van der Waals surface area contributed by atoms with Crippen LogP contribution in [0.2, 0.25) is 0 Å². The Balaban J connectivity index is 2.85. The quantitative estimate of drug-likeness (QED) is 0.776. The fourth-order valence-corrected chi connectivity index (χ4v) is 1.69. The molecule has 0 saturated carbocycles. The molecule has 0 aromatic carbocycles. The summed E-state index contributed by atoms with van der Waals surface area (Å²) in [5.41, 5.74) is 1.65. The standard InChI is InChI=1S/C11H17N3O3/c1-4-14-9(5-7(2)13-14)6-10(11(16)17)12-8(3)15/h5,10H,4,6H2,1-3H3,(H,12,15)(H,16,17). The molecular formula is C11H17N3O3. The lowest BCUT2D eigenvalue weighted by Gasteiger charge is -2.13. The Morgan fingerprint density at radius 1 is 1.59 bits per heavy atom. The SMILES string of the molecule is CCn1nc(C)cc1CC(NC(C)=O)C(=O)O. The summed E-state index contributed by atoms with van der Waals surface area (Å²) >= 11 is 0. The molecule has 1 aromatic heterocycles. The van der Waals surface area contributed by atoms with Gasteiger partial charge in [0.25, 0.3) is 0 Å². The van der Waals surface area contributed by atoms with Gasteiger partial charge >= 0.3 is 5.97 Å². The minimum Gasteiger partial charge on any atom is -0.480 e. The second-order valence-electron chi connectivity index (χ2n) is 3.89. The Morgan fingerprint density at radius 3 is 2.71 bits per heavy atom. The maximum absolute atomic E-state index is 11.0. The van der Waals surface area contributed by atoms with E-state index in [2.05, 4.69) is 10.4 Å². The first-order chi connectivity index (χ1) is 7.93. The van der Waals surface area contributed by atoms with Crippen molar-refractivity contribution in [2.75, 3.05) is 0 Å². The average Bonchev–Trinajstić information content (AvgIpc) is 2.57. The number of nitrogens with zero attached hydrogens (tertiary/aromatic N) is 2. The largest absolute Gasteiger partial charge is 0.480 e. The van der Waals surface area contributed by atoms with E-state index in [0.717, 1.165) is 11.4 Å². The van der Waals surface area contributed by atoms with E-state index < -0.39 is 12.0 Å². The summed E-state index contributed by atoms with van der Waals surface area (Å²) in [7, 11) is 0. The summed E-state index contributed by atoms with van der Waals surface area (Å²) in [4.78, 5) is 21.9. The van der Waals surface area contributed by atoms with Crippen LogP contribution in [-0.2, 0) is 22.6 Å². The molecule has 1 amide bonds. The summed E-state index contributed by atoms with van der Waals surface area (Å²) in [5, 5.41) is 15.6. The third-order valence-electron chi connectivity index (χ3n) is 2.37. The molecule has 6 heteroatoms. The van der Waals surface area contributed by atoms with Gasteiger partial charge in [-0.3, -0.25) is 9.48 Å². The molecule has 0 fully saturated rings. The Labute approximate surface area is 99.6 Å². The number of aromatic nitrogens is 2. The second kappa shape index (κ2) is 5.47. The van der Waals surface area contributed by atoms with Crippen molar-refractivity contribution in [3.8, 4) is 0 Å². The molecule has 1 rings (SSSR count). The summed E-state index contributed by atoms with van der Waals surface area (Å²) in [6.45, 7) is 5.77. The first-order valence-corrected chi connectivity index (χ1v) is 5.47. The van der Waals surface area contributed by atoms with Gasteiger partial charge in [0.1, 0.15) is 6.04 Å². The smallest absolute Gasteiger partial charge is 0.326 e. The molecule has 6 nitrogen and oxygen atoms in total. The van der Waals surface area contributed by atoms with Gasteiger partial charge in [0.15, 0.2) is 0 Å². The summed E-state index contributed by atoms with van der Waals surface area (Å²) in [5.74, 6) is -1.39. The Kier molecular flexibility index (Phi) is 4.25. The van der Waals surface area contributed by atoms with Crippen LogP contribution >= 0.6 is 0 Å². The minimum atomic E-state index is -1.04. The van der Waals surface area contributed by atoms with Crippen LogP contribution < -0.4 is 5.32 Å². The van der Waals surface area contributed by atoms with Crippen molar-refractivity contribution >= 4 is 11.9 Å². The van der Waals surface area contributed by atoms with Crippen molar-refractivity contribution in [2.45, 2.75) is 39.8 Å². The number of carboxylic acids is 1. The third kappa shape index (κ3) is 3.58. The van der Waals surface area contributed by atoms with Crippen molar-refractivity contribution in [2.24, 2.45) is 0 Å². The van der Waals surface area contributed by atoms with Crippen LogP contribution in [0.15, 0.2) is 6.07 Å². The topological polar surface area (TPSA) is 84.2 Å². The van der Waals surface area contributed by atoms with Gasteiger partial charge in [-0.15, -0.1) is 0 Å². The molecular weight excluding hydrogens is 222 g/mol. The molecule has 17 heavy (non-hydrogen) atoms. The number of nitrogens with one attached hydrogen (secondary N) is 1. The first-order valence-electron chi connectivity index (χ1n) is 5.47. The molecule has 1 heterocycles. The number of aryl methyl sites for hydroxylation is 2. The maximum atomic E-state index is 11.0. The van der Waals surface area contributed by atoms with Gasteiger partial charge in [0.05, 0.1) is 5.69 Å². The van der Waals surface area contributed by atoms with Crippen LogP contribution in [0.5, 0.6) is 0 Å². The highest BCUT2D eigenvalue weighted by molar-refractivity contribution is 5.82. The Bertz CT molecular complexity index is 426. The van der Waals surface area contributed by atoms with Gasteiger partial charge in [-0.25, -0.2) is 4.79 Å². The lowest BCUT2D eigenvalue weighted by atomic mass is 10.1. The molecule has 1 aromatic rings. The predicted molar refractivity (Wildman–Crippen MR) is 61.6 cm³/mol. The third-order valence-corrected chi connectivity index (χ3v) is 2.37.